The first-order valence-electron chi connectivity index (χ1n) is 13.8. The van der Waals surface area contributed by atoms with Crippen molar-refractivity contribution in [2.45, 2.75) is 75.1 Å². The van der Waals surface area contributed by atoms with E-state index >= 15 is 0 Å². The highest BCUT2D eigenvalue weighted by Gasteiger charge is 2.45. The van der Waals surface area contributed by atoms with Gasteiger partial charge in [-0.2, -0.15) is 0 Å². The summed E-state index contributed by atoms with van der Waals surface area (Å²) in [5.41, 5.74) is 1.08. The number of nitrogens with one attached hydrogen (secondary N) is 1. The third-order valence-electron chi connectivity index (χ3n) is 8.13. The van der Waals surface area contributed by atoms with E-state index in [1.54, 1.807) is 6.07 Å². The smallest absolute Gasteiger partial charge is 0.229 e. The number of hydrogen-bond acceptors (Lipinski definition) is 11. The first-order valence-corrected chi connectivity index (χ1v) is 13.8. The molecule has 0 radical (unpaired) electrons. The average Bonchev–Trinajstić information content (AvgIpc) is 3.68. The Labute approximate surface area is 232 Å². The fraction of sp³-hybridized carbons (Fsp3) is 0.552. The number of fused-ring (bicyclic) bond motifs is 1. The van der Waals surface area contributed by atoms with Gasteiger partial charge in [0.25, 0.3) is 0 Å². The molecule has 11 nitrogen and oxygen atoms in total. The molecule has 0 bridgehead atoms. The number of Topliss-reactive ketones (excluding diaryl/α,β-unsaturated/α-hetero) is 1. The molecule has 5 atom stereocenters. The van der Waals surface area contributed by atoms with Crippen molar-refractivity contribution < 1.29 is 44.5 Å². The summed E-state index contributed by atoms with van der Waals surface area (Å²) >= 11 is 0. The lowest BCUT2D eigenvalue weighted by molar-refractivity contribution is -0.277. The second-order valence-corrected chi connectivity index (χ2v) is 10.7. The molecule has 11 heteroatoms. The van der Waals surface area contributed by atoms with Gasteiger partial charge >= 0.3 is 0 Å². The van der Waals surface area contributed by atoms with Crippen molar-refractivity contribution in [1.29, 1.82) is 0 Å². The number of methoxy groups -OCH3 is 1. The predicted molar refractivity (Wildman–Crippen MR) is 145 cm³/mol. The third kappa shape index (κ3) is 5.57. The van der Waals surface area contributed by atoms with Gasteiger partial charge in [-0.15, -0.1) is 0 Å². The number of ether oxygens (including phenoxy) is 3. The maximum atomic E-state index is 13.7. The first kappa shape index (κ1) is 28.4. The minimum absolute atomic E-state index is 0.0662. The highest BCUT2D eigenvalue weighted by atomic mass is 16.7. The van der Waals surface area contributed by atoms with E-state index in [-0.39, 0.29) is 40.6 Å². The number of ketones is 1. The Morgan fingerprint density at radius 1 is 1.12 bits per heavy atom. The van der Waals surface area contributed by atoms with Gasteiger partial charge in [-0.05, 0) is 48.3 Å². The maximum absolute atomic E-state index is 13.7. The van der Waals surface area contributed by atoms with Crippen molar-refractivity contribution >= 4 is 16.6 Å². The average molecular weight is 559 g/mol. The van der Waals surface area contributed by atoms with E-state index in [1.807, 2.05) is 18.5 Å². The molecule has 0 spiro atoms. The fourth-order valence-electron chi connectivity index (χ4n) is 5.93. The van der Waals surface area contributed by atoms with Crippen molar-refractivity contribution in [3.8, 4) is 17.2 Å². The van der Waals surface area contributed by atoms with Crippen molar-refractivity contribution in [1.82, 2.24) is 10.2 Å². The Balaban J connectivity index is 1.54. The van der Waals surface area contributed by atoms with Crippen molar-refractivity contribution in [2.75, 3.05) is 26.9 Å². The number of rotatable bonds is 10. The van der Waals surface area contributed by atoms with E-state index in [1.165, 1.54) is 13.2 Å². The number of benzene rings is 2. The lowest BCUT2D eigenvalue weighted by atomic mass is 9.86. The largest absolute Gasteiger partial charge is 0.506 e. The van der Waals surface area contributed by atoms with Gasteiger partial charge in [0.05, 0.1) is 31.3 Å². The molecule has 6 N–H and O–H groups in total. The van der Waals surface area contributed by atoms with Gasteiger partial charge in [-0.25, -0.2) is 0 Å². The Morgan fingerprint density at radius 3 is 2.58 bits per heavy atom. The topological polar surface area (TPSA) is 161 Å². The van der Waals surface area contributed by atoms with Gasteiger partial charge in [0.1, 0.15) is 41.7 Å². The fourth-order valence-corrected chi connectivity index (χ4v) is 5.93. The first-order chi connectivity index (χ1) is 19.3. The van der Waals surface area contributed by atoms with Crippen LogP contribution in [-0.2, 0) is 4.74 Å². The molecule has 0 amide bonds. The Morgan fingerprint density at radius 2 is 1.90 bits per heavy atom. The molecule has 5 rings (SSSR count). The number of carbonyl (C=O) groups excluding carboxylic acids is 1. The highest BCUT2D eigenvalue weighted by molar-refractivity contribution is 6.08. The molecular formula is C29H38N2O9. The van der Waals surface area contributed by atoms with Gasteiger partial charge in [0.15, 0.2) is 5.78 Å². The van der Waals surface area contributed by atoms with E-state index < -0.39 is 37.3 Å². The molecule has 2 fully saturated rings. The lowest BCUT2D eigenvalue weighted by Gasteiger charge is -2.39. The highest BCUT2D eigenvalue weighted by Crippen LogP contribution is 2.46. The van der Waals surface area contributed by atoms with Crippen LogP contribution >= 0.6 is 0 Å². The van der Waals surface area contributed by atoms with E-state index in [9.17, 15) is 30.3 Å². The van der Waals surface area contributed by atoms with Gasteiger partial charge in [0, 0.05) is 31.4 Å². The molecule has 2 aromatic rings. The van der Waals surface area contributed by atoms with Gasteiger partial charge < -0.3 is 50.0 Å². The number of aromatic hydroxyl groups is 1. The van der Waals surface area contributed by atoms with Crippen LogP contribution in [0.4, 0.5) is 0 Å². The summed E-state index contributed by atoms with van der Waals surface area (Å²) in [6, 6.07) is 5.16. The molecule has 3 aliphatic rings. The van der Waals surface area contributed by atoms with Crippen LogP contribution in [0.3, 0.4) is 0 Å². The van der Waals surface area contributed by atoms with E-state index in [4.69, 9.17) is 14.2 Å². The summed E-state index contributed by atoms with van der Waals surface area (Å²) in [7, 11) is 1.49. The standard InChI is InChI=1S/C29H38N2O9/c1-38-18-11-17-12-19(16-5-2-3-6-16)24(20(33)7-4-9-31-10-8-30-15-31)26(35)23(17)21(13-18)39-29-28(37)27(36)25(34)22(14-32)40-29/h8,10-13,16,22,25,27-30,32,34-37H,2-7,9,14-15H2,1H3. The monoisotopic (exact) mass is 558 g/mol. The molecule has 1 aliphatic carbocycles. The minimum Gasteiger partial charge on any atom is -0.506 e. The second kappa shape index (κ2) is 12.2. The molecule has 218 valence electrons. The van der Waals surface area contributed by atoms with Gasteiger partial charge in [-0.1, -0.05) is 12.8 Å². The zero-order chi connectivity index (χ0) is 28.4. The molecule has 2 aliphatic heterocycles. The normalized spacial score (nSPS) is 26.8. The summed E-state index contributed by atoms with van der Waals surface area (Å²) < 4.78 is 17.0. The van der Waals surface area contributed by atoms with E-state index in [2.05, 4.69) is 10.2 Å². The molecule has 2 aromatic carbocycles. The van der Waals surface area contributed by atoms with Crippen LogP contribution in [0, 0.1) is 0 Å². The summed E-state index contributed by atoms with van der Waals surface area (Å²) in [5, 5.41) is 56.2. The van der Waals surface area contributed by atoms with Crippen molar-refractivity contribution in [3.05, 3.63) is 41.7 Å². The van der Waals surface area contributed by atoms with E-state index in [0.717, 1.165) is 31.2 Å². The second-order valence-electron chi connectivity index (χ2n) is 10.7. The molecule has 2 heterocycles. The number of aliphatic hydroxyl groups excluding tert-OH is 4. The maximum Gasteiger partial charge on any atom is 0.229 e. The minimum atomic E-state index is -1.64. The number of aliphatic hydroxyl groups is 4. The van der Waals surface area contributed by atoms with Crippen molar-refractivity contribution in [3.63, 3.8) is 0 Å². The van der Waals surface area contributed by atoms with Crippen molar-refractivity contribution in [2.24, 2.45) is 0 Å². The predicted octanol–water partition coefficient (Wildman–Crippen LogP) is 1.69. The van der Waals surface area contributed by atoms with Crippen LogP contribution in [0.1, 0.15) is 60.4 Å². The summed E-state index contributed by atoms with van der Waals surface area (Å²) in [6.45, 7) is 0.788. The number of phenolic OH excluding ortho intramolecular Hbond substituents is 1. The zero-order valence-corrected chi connectivity index (χ0v) is 22.5. The van der Waals surface area contributed by atoms with Gasteiger partial charge in [-0.3, -0.25) is 4.79 Å². The van der Waals surface area contributed by atoms with E-state index in [0.29, 0.717) is 30.8 Å². The zero-order valence-electron chi connectivity index (χ0n) is 22.5. The van der Waals surface area contributed by atoms with Crippen LogP contribution in [0.5, 0.6) is 17.2 Å². The molecular weight excluding hydrogens is 520 g/mol. The summed E-state index contributed by atoms with van der Waals surface area (Å²) in [4.78, 5) is 15.7. The molecule has 5 unspecified atom stereocenters. The molecule has 40 heavy (non-hydrogen) atoms. The third-order valence-corrected chi connectivity index (χ3v) is 8.13. The van der Waals surface area contributed by atoms with Crippen LogP contribution in [0.25, 0.3) is 10.8 Å². The quantitative estimate of drug-likeness (QED) is 0.235. The van der Waals surface area contributed by atoms with Crippen LogP contribution in [-0.4, -0.2) is 93.9 Å². The molecule has 1 saturated heterocycles. The number of nitrogens with zero attached hydrogens (tertiary/aromatic N) is 1. The summed E-state index contributed by atoms with van der Waals surface area (Å²) in [6.07, 6.45) is 1.17. The van der Waals surface area contributed by atoms with Crippen LogP contribution in [0.2, 0.25) is 0 Å². The Kier molecular flexibility index (Phi) is 8.67. The number of carbonyl (C=O) groups is 1. The molecule has 1 saturated carbocycles. The molecule has 0 aromatic heterocycles. The summed E-state index contributed by atoms with van der Waals surface area (Å²) in [5.74, 6) is 0.245. The number of phenols is 1. The Hall–Kier alpha value is -3.09. The van der Waals surface area contributed by atoms with Crippen LogP contribution in [0.15, 0.2) is 30.6 Å². The van der Waals surface area contributed by atoms with Crippen LogP contribution < -0.4 is 14.8 Å². The van der Waals surface area contributed by atoms with Gasteiger partial charge in [0.2, 0.25) is 6.29 Å². The Bertz CT molecular complexity index is 1240. The lowest BCUT2D eigenvalue weighted by Crippen LogP contribution is -2.60. The number of hydrogen-bond donors (Lipinski definition) is 6. The SMILES string of the molecule is COc1cc(OC2OC(CO)C(O)C(O)C2O)c2c(O)c(C(=O)CCCN3C=CNC3)c(C3CCCC3)cc2c1.